The number of nitrogens with one attached hydrogen (secondary N) is 1. The molecule has 1 aliphatic carbocycles. The topological polar surface area (TPSA) is 49.4 Å². The van der Waals surface area contributed by atoms with Gasteiger partial charge in [0.15, 0.2) is 0 Å². The van der Waals surface area contributed by atoms with E-state index in [0.29, 0.717) is 10.9 Å². The molecule has 1 aromatic heterocycles. The van der Waals surface area contributed by atoms with Gasteiger partial charge in [-0.2, -0.15) is 4.31 Å². The van der Waals surface area contributed by atoms with Gasteiger partial charge in [-0.15, -0.1) is 11.3 Å². The minimum absolute atomic E-state index is 0.103. The Labute approximate surface area is 131 Å². The molecule has 2 heterocycles. The van der Waals surface area contributed by atoms with Gasteiger partial charge in [0.1, 0.15) is 0 Å². The van der Waals surface area contributed by atoms with Gasteiger partial charge < -0.3 is 5.32 Å². The predicted octanol–water partition coefficient (Wildman–Crippen LogP) is 2.95. The second kappa shape index (κ2) is 5.99. The maximum atomic E-state index is 12.9. The molecule has 1 saturated carbocycles. The highest BCUT2D eigenvalue weighted by molar-refractivity contribution is 7.89. The van der Waals surface area contributed by atoms with Gasteiger partial charge in [0.05, 0.1) is 4.90 Å². The van der Waals surface area contributed by atoms with Gasteiger partial charge in [0, 0.05) is 34.9 Å². The lowest BCUT2D eigenvalue weighted by molar-refractivity contribution is 0.204. The molecule has 0 radical (unpaired) electrons. The lowest BCUT2D eigenvalue weighted by Gasteiger charge is -2.37. The van der Waals surface area contributed by atoms with E-state index in [2.05, 4.69) is 5.32 Å². The van der Waals surface area contributed by atoms with E-state index in [-0.39, 0.29) is 12.1 Å². The molecule has 2 fully saturated rings. The first-order chi connectivity index (χ1) is 9.98. The maximum absolute atomic E-state index is 12.9. The van der Waals surface area contributed by atoms with Crippen molar-refractivity contribution in [2.24, 2.45) is 0 Å². The molecule has 1 aliphatic heterocycles. The van der Waals surface area contributed by atoms with Crippen molar-refractivity contribution < 1.29 is 8.42 Å². The zero-order valence-corrected chi connectivity index (χ0v) is 14.3. The smallest absolute Gasteiger partial charge is 0.244 e. The number of nitrogens with zero attached hydrogens (tertiary/aromatic N) is 1. The number of piperidine rings is 1. The van der Waals surface area contributed by atoms with E-state index in [9.17, 15) is 8.42 Å². The third-order valence-corrected chi connectivity index (χ3v) is 7.65. The highest BCUT2D eigenvalue weighted by Crippen LogP contribution is 2.31. The third kappa shape index (κ3) is 3.33. The summed E-state index contributed by atoms with van der Waals surface area (Å²) in [5.74, 6) is 0. The van der Waals surface area contributed by atoms with Crippen LogP contribution in [0.2, 0.25) is 0 Å². The third-order valence-electron chi connectivity index (χ3n) is 4.46. The van der Waals surface area contributed by atoms with Crippen molar-refractivity contribution in [3.8, 4) is 0 Å². The quantitative estimate of drug-likeness (QED) is 0.904. The molecular weight excluding hydrogens is 304 g/mol. The summed E-state index contributed by atoms with van der Waals surface area (Å²) < 4.78 is 27.5. The first-order valence-corrected chi connectivity index (χ1v) is 10.1. The standard InChI is InChI=1S/C15H24N2O2S2/c1-11-4-3-5-12(2)17(11)21(18,19)15-8-14(20-10-15)9-16-13-6-7-13/h8,10-13,16H,3-7,9H2,1-2H3. The van der Waals surface area contributed by atoms with E-state index in [4.69, 9.17) is 0 Å². The largest absolute Gasteiger partial charge is 0.309 e. The van der Waals surface area contributed by atoms with E-state index in [0.717, 1.165) is 30.7 Å². The molecule has 2 aliphatic rings. The maximum Gasteiger partial charge on any atom is 0.244 e. The average molecular weight is 329 g/mol. The van der Waals surface area contributed by atoms with E-state index < -0.39 is 10.0 Å². The first kappa shape index (κ1) is 15.5. The van der Waals surface area contributed by atoms with Crippen LogP contribution < -0.4 is 5.32 Å². The highest BCUT2D eigenvalue weighted by Gasteiger charge is 2.36. The molecule has 1 N–H and O–H groups in total. The summed E-state index contributed by atoms with van der Waals surface area (Å²) in [7, 11) is -3.35. The number of hydrogen-bond acceptors (Lipinski definition) is 4. The van der Waals surface area contributed by atoms with Gasteiger partial charge in [0.2, 0.25) is 10.0 Å². The molecule has 1 saturated heterocycles. The second-order valence-electron chi connectivity index (χ2n) is 6.37. The van der Waals surface area contributed by atoms with Crippen molar-refractivity contribution in [1.29, 1.82) is 0 Å². The fraction of sp³-hybridized carbons (Fsp3) is 0.733. The molecule has 0 spiro atoms. The minimum atomic E-state index is -3.35. The lowest BCUT2D eigenvalue weighted by Crippen LogP contribution is -2.47. The van der Waals surface area contributed by atoms with Crippen molar-refractivity contribution in [2.75, 3.05) is 0 Å². The molecule has 118 valence electrons. The first-order valence-electron chi connectivity index (χ1n) is 7.83. The van der Waals surface area contributed by atoms with Crippen molar-refractivity contribution in [2.45, 2.75) is 75.5 Å². The van der Waals surface area contributed by atoms with E-state index in [1.165, 1.54) is 12.8 Å². The summed E-state index contributed by atoms with van der Waals surface area (Å²) in [4.78, 5) is 1.58. The Bertz CT molecular complexity index is 583. The Morgan fingerprint density at radius 3 is 2.52 bits per heavy atom. The Morgan fingerprint density at radius 2 is 1.90 bits per heavy atom. The van der Waals surface area contributed by atoms with Crippen LogP contribution >= 0.6 is 11.3 Å². The molecule has 2 atom stereocenters. The Morgan fingerprint density at radius 1 is 1.24 bits per heavy atom. The van der Waals surface area contributed by atoms with E-state index >= 15 is 0 Å². The fourth-order valence-corrected chi connectivity index (χ4v) is 6.21. The second-order valence-corrected chi connectivity index (χ2v) is 9.21. The SMILES string of the molecule is CC1CCCC(C)N1S(=O)(=O)c1csc(CNC2CC2)c1. The molecule has 4 nitrogen and oxygen atoms in total. The van der Waals surface area contributed by atoms with E-state index in [1.54, 1.807) is 21.0 Å². The summed E-state index contributed by atoms with van der Waals surface area (Å²) in [6.45, 7) is 4.83. The van der Waals surface area contributed by atoms with Crippen LogP contribution in [-0.4, -0.2) is 30.8 Å². The summed E-state index contributed by atoms with van der Waals surface area (Å²) in [5, 5.41) is 5.24. The van der Waals surface area contributed by atoms with Gasteiger partial charge in [-0.25, -0.2) is 8.42 Å². The minimum Gasteiger partial charge on any atom is -0.309 e. The zero-order valence-electron chi connectivity index (χ0n) is 12.7. The fourth-order valence-electron chi connectivity index (χ4n) is 3.11. The van der Waals surface area contributed by atoms with Gasteiger partial charge in [0.25, 0.3) is 0 Å². The monoisotopic (exact) mass is 328 g/mol. The summed E-state index contributed by atoms with van der Waals surface area (Å²) >= 11 is 1.54. The van der Waals surface area contributed by atoms with Crippen LogP contribution in [0.25, 0.3) is 0 Å². The molecule has 0 bridgehead atoms. The Balaban J connectivity index is 1.76. The highest BCUT2D eigenvalue weighted by atomic mass is 32.2. The molecule has 3 rings (SSSR count). The van der Waals surface area contributed by atoms with Crippen LogP contribution in [0.15, 0.2) is 16.3 Å². The summed E-state index contributed by atoms with van der Waals surface area (Å²) in [6.07, 6.45) is 5.54. The van der Waals surface area contributed by atoms with Crippen LogP contribution in [-0.2, 0) is 16.6 Å². The van der Waals surface area contributed by atoms with Crippen molar-refractivity contribution in [3.05, 3.63) is 16.3 Å². The van der Waals surface area contributed by atoms with Gasteiger partial charge in [-0.3, -0.25) is 0 Å². The molecule has 1 aromatic rings. The van der Waals surface area contributed by atoms with Crippen LogP contribution in [0, 0.1) is 0 Å². The van der Waals surface area contributed by atoms with Gasteiger partial charge in [-0.05, 0) is 45.6 Å². The van der Waals surface area contributed by atoms with Gasteiger partial charge in [-0.1, -0.05) is 6.42 Å². The Kier molecular flexibility index (Phi) is 4.41. The number of sulfonamides is 1. The van der Waals surface area contributed by atoms with Crippen molar-refractivity contribution in [1.82, 2.24) is 9.62 Å². The molecular formula is C15H24N2O2S2. The number of thiophene rings is 1. The Hall–Kier alpha value is -0.430. The molecule has 2 unspecified atom stereocenters. The molecule has 21 heavy (non-hydrogen) atoms. The van der Waals surface area contributed by atoms with Crippen molar-refractivity contribution >= 4 is 21.4 Å². The molecule has 0 amide bonds. The summed E-state index contributed by atoms with van der Waals surface area (Å²) in [5.41, 5.74) is 0. The molecule has 6 heteroatoms. The summed E-state index contributed by atoms with van der Waals surface area (Å²) in [6, 6.07) is 2.70. The van der Waals surface area contributed by atoms with Gasteiger partial charge >= 0.3 is 0 Å². The van der Waals surface area contributed by atoms with Crippen LogP contribution in [0.3, 0.4) is 0 Å². The number of rotatable bonds is 5. The van der Waals surface area contributed by atoms with Crippen LogP contribution in [0.1, 0.15) is 50.8 Å². The number of hydrogen-bond donors (Lipinski definition) is 1. The van der Waals surface area contributed by atoms with Crippen LogP contribution in [0.4, 0.5) is 0 Å². The molecule has 0 aromatic carbocycles. The average Bonchev–Trinajstić information content (AvgIpc) is 3.12. The predicted molar refractivity (Wildman–Crippen MR) is 86.0 cm³/mol. The lowest BCUT2D eigenvalue weighted by atomic mass is 10.0. The van der Waals surface area contributed by atoms with Crippen molar-refractivity contribution in [3.63, 3.8) is 0 Å². The zero-order chi connectivity index (χ0) is 15.0. The van der Waals surface area contributed by atoms with Crippen LogP contribution in [0.5, 0.6) is 0 Å². The van der Waals surface area contributed by atoms with E-state index in [1.807, 2.05) is 19.9 Å². The normalized spacial score (nSPS) is 27.9.